The number of hydrogen-bond acceptors (Lipinski definition) is 2. The van der Waals surface area contributed by atoms with Gasteiger partial charge in [-0.15, -0.1) is 0 Å². The van der Waals surface area contributed by atoms with Gasteiger partial charge in [0.2, 0.25) is 0 Å². The van der Waals surface area contributed by atoms with Crippen molar-refractivity contribution in [2.45, 2.75) is 90.5 Å². The molecule has 122 valence electrons. The van der Waals surface area contributed by atoms with Gasteiger partial charge in [-0.05, 0) is 6.42 Å². The van der Waals surface area contributed by atoms with Crippen LogP contribution in [-0.4, -0.2) is 21.3 Å². The Balaban J connectivity index is 2.24. The van der Waals surface area contributed by atoms with Gasteiger partial charge in [-0.1, -0.05) is 72.1 Å². The minimum absolute atomic E-state index is 0.199. The van der Waals surface area contributed by atoms with E-state index in [2.05, 4.69) is 30.3 Å². The predicted molar refractivity (Wildman–Crippen MR) is 89.7 cm³/mol. The van der Waals surface area contributed by atoms with E-state index in [0.717, 1.165) is 12.2 Å². The maximum atomic E-state index is 9.66. The summed E-state index contributed by atoms with van der Waals surface area (Å²) in [5.41, 5.74) is 0. The fraction of sp³-hybridized carbons (Fsp3) is 0.833. The molecule has 0 aliphatic rings. The Hall–Kier alpha value is -0.830. The summed E-state index contributed by atoms with van der Waals surface area (Å²) in [6, 6.07) is 0.199. The summed E-state index contributed by atoms with van der Waals surface area (Å²) in [7, 11) is 0. The van der Waals surface area contributed by atoms with Gasteiger partial charge in [-0.25, -0.2) is 4.98 Å². The lowest BCUT2D eigenvalue weighted by molar-refractivity contribution is 0.214. The molecule has 1 unspecified atom stereocenters. The number of aliphatic hydroxyl groups excluding tert-OH is 1. The molecule has 1 aromatic rings. The highest BCUT2D eigenvalue weighted by molar-refractivity contribution is 5.00. The molecule has 21 heavy (non-hydrogen) atoms. The summed E-state index contributed by atoms with van der Waals surface area (Å²) in [5.74, 6) is 1.50. The van der Waals surface area contributed by atoms with E-state index in [9.17, 15) is 5.11 Å². The van der Waals surface area contributed by atoms with Crippen molar-refractivity contribution < 1.29 is 5.11 Å². The molecule has 0 amide bonds. The second-order valence-corrected chi connectivity index (χ2v) is 6.45. The van der Waals surface area contributed by atoms with Gasteiger partial charge in [0.1, 0.15) is 5.82 Å². The first kappa shape index (κ1) is 18.2. The Morgan fingerprint density at radius 3 is 2.24 bits per heavy atom. The molecule has 1 heterocycles. The molecule has 1 atom stereocenters. The zero-order chi connectivity index (χ0) is 15.5. The van der Waals surface area contributed by atoms with Gasteiger partial charge >= 0.3 is 0 Å². The van der Waals surface area contributed by atoms with Crippen LogP contribution in [0.3, 0.4) is 0 Å². The van der Waals surface area contributed by atoms with E-state index in [1.165, 1.54) is 51.4 Å². The average Bonchev–Trinajstić information content (AvgIpc) is 2.95. The fourth-order valence-corrected chi connectivity index (χ4v) is 2.91. The van der Waals surface area contributed by atoms with Gasteiger partial charge in [0.05, 0.1) is 12.6 Å². The minimum Gasteiger partial charge on any atom is -0.394 e. The molecule has 0 aliphatic carbocycles. The number of aromatic nitrogens is 2. The lowest BCUT2D eigenvalue weighted by Gasteiger charge is -2.20. The molecule has 0 aromatic carbocycles. The highest BCUT2D eigenvalue weighted by Crippen LogP contribution is 2.22. The van der Waals surface area contributed by atoms with Crippen LogP contribution in [0.25, 0.3) is 0 Å². The Labute approximate surface area is 130 Å². The first-order valence-electron chi connectivity index (χ1n) is 8.84. The fourth-order valence-electron chi connectivity index (χ4n) is 2.91. The highest BCUT2D eigenvalue weighted by atomic mass is 16.3. The van der Waals surface area contributed by atoms with Gasteiger partial charge in [-0.3, -0.25) is 0 Å². The second kappa shape index (κ2) is 10.8. The number of nitrogens with zero attached hydrogens (tertiary/aromatic N) is 2. The molecule has 1 rings (SSSR count). The molecule has 0 fully saturated rings. The zero-order valence-corrected chi connectivity index (χ0v) is 14.2. The van der Waals surface area contributed by atoms with Crippen LogP contribution < -0.4 is 0 Å². The quantitative estimate of drug-likeness (QED) is 0.546. The number of hydrogen-bond donors (Lipinski definition) is 1. The second-order valence-electron chi connectivity index (χ2n) is 6.45. The molecule has 1 aromatic heterocycles. The van der Waals surface area contributed by atoms with Crippen molar-refractivity contribution in [3.05, 3.63) is 18.2 Å². The largest absolute Gasteiger partial charge is 0.394 e. The molecule has 0 bridgehead atoms. The van der Waals surface area contributed by atoms with Gasteiger partial charge in [0.15, 0.2) is 0 Å². The number of rotatable bonds is 12. The number of imidazole rings is 1. The molecule has 0 radical (unpaired) electrons. The molecule has 3 nitrogen and oxygen atoms in total. The molecule has 0 saturated heterocycles. The average molecular weight is 294 g/mol. The van der Waals surface area contributed by atoms with Crippen LogP contribution in [0.1, 0.15) is 96.3 Å². The van der Waals surface area contributed by atoms with Crippen LogP contribution in [0.4, 0.5) is 0 Å². The third-order valence-electron chi connectivity index (χ3n) is 4.21. The van der Waals surface area contributed by atoms with E-state index in [0.29, 0.717) is 5.92 Å². The molecular formula is C18H34N2O. The first-order valence-corrected chi connectivity index (χ1v) is 8.84. The van der Waals surface area contributed by atoms with Crippen molar-refractivity contribution in [3.63, 3.8) is 0 Å². The normalized spacial score (nSPS) is 13.0. The standard InChI is InChI=1S/C18H34N2O/c1-4-5-6-7-8-9-10-11-12-17(15-21)20-14-13-19-18(20)16(2)3/h13-14,16-17,21H,4-12,15H2,1-3H3. The SMILES string of the molecule is CCCCCCCCCCC(CO)n1ccnc1C(C)C. The minimum atomic E-state index is 0.199. The van der Waals surface area contributed by atoms with E-state index in [1.54, 1.807) is 0 Å². The Morgan fingerprint density at radius 1 is 1.05 bits per heavy atom. The van der Waals surface area contributed by atoms with E-state index in [-0.39, 0.29) is 12.6 Å². The van der Waals surface area contributed by atoms with Crippen LogP contribution in [0, 0.1) is 0 Å². The van der Waals surface area contributed by atoms with Crippen molar-refractivity contribution in [1.29, 1.82) is 0 Å². The molecule has 1 N–H and O–H groups in total. The number of unbranched alkanes of at least 4 members (excludes halogenated alkanes) is 7. The van der Waals surface area contributed by atoms with Crippen LogP contribution >= 0.6 is 0 Å². The van der Waals surface area contributed by atoms with Gasteiger partial charge in [0, 0.05) is 18.3 Å². The van der Waals surface area contributed by atoms with Crippen molar-refractivity contribution >= 4 is 0 Å². The van der Waals surface area contributed by atoms with E-state index >= 15 is 0 Å². The van der Waals surface area contributed by atoms with Crippen molar-refractivity contribution in [1.82, 2.24) is 9.55 Å². The maximum absolute atomic E-state index is 9.66. The molecule has 0 saturated carbocycles. The van der Waals surface area contributed by atoms with Crippen LogP contribution in [0.2, 0.25) is 0 Å². The zero-order valence-electron chi connectivity index (χ0n) is 14.2. The van der Waals surface area contributed by atoms with E-state index < -0.39 is 0 Å². The Bertz CT molecular complexity index is 360. The first-order chi connectivity index (χ1) is 10.2. The summed E-state index contributed by atoms with van der Waals surface area (Å²) in [4.78, 5) is 4.42. The number of aliphatic hydroxyl groups is 1. The van der Waals surface area contributed by atoms with Crippen LogP contribution in [0.15, 0.2) is 12.4 Å². The Morgan fingerprint density at radius 2 is 1.67 bits per heavy atom. The predicted octanol–water partition coefficient (Wildman–Crippen LogP) is 5.07. The smallest absolute Gasteiger partial charge is 0.111 e. The Kier molecular flexibility index (Phi) is 9.40. The summed E-state index contributed by atoms with van der Waals surface area (Å²) < 4.78 is 2.17. The monoisotopic (exact) mass is 294 g/mol. The molecule has 0 spiro atoms. The lowest BCUT2D eigenvalue weighted by atomic mass is 10.0. The van der Waals surface area contributed by atoms with Crippen molar-refractivity contribution in [3.8, 4) is 0 Å². The van der Waals surface area contributed by atoms with Gasteiger partial charge in [-0.2, -0.15) is 0 Å². The topological polar surface area (TPSA) is 38.0 Å². The highest BCUT2D eigenvalue weighted by Gasteiger charge is 2.15. The van der Waals surface area contributed by atoms with Crippen molar-refractivity contribution in [2.24, 2.45) is 0 Å². The van der Waals surface area contributed by atoms with Crippen LogP contribution in [0.5, 0.6) is 0 Å². The van der Waals surface area contributed by atoms with Gasteiger partial charge < -0.3 is 9.67 Å². The van der Waals surface area contributed by atoms with Crippen LogP contribution in [-0.2, 0) is 0 Å². The maximum Gasteiger partial charge on any atom is 0.111 e. The van der Waals surface area contributed by atoms with Crippen molar-refractivity contribution in [2.75, 3.05) is 6.61 Å². The van der Waals surface area contributed by atoms with E-state index in [4.69, 9.17) is 0 Å². The van der Waals surface area contributed by atoms with Gasteiger partial charge in [0.25, 0.3) is 0 Å². The summed E-state index contributed by atoms with van der Waals surface area (Å²) in [6.45, 7) is 6.79. The molecular weight excluding hydrogens is 260 g/mol. The molecule has 3 heteroatoms. The lowest BCUT2D eigenvalue weighted by Crippen LogP contribution is -2.16. The molecule has 0 aliphatic heterocycles. The third-order valence-corrected chi connectivity index (χ3v) is 4.21. The third kappa shape index (κ3) is 6.64. The summed E-state index contributed by atoms with van der Waals surface area (Å²) >= 11 is 0. The summed E-state index contributed by atoms with van der Waals surface area (Å²) in [5, 5.41) is 9.66. The summed E-state index contributed by atoms with van der Waals surface area (Å²) in [6.07, 6.45) is 15.6. The van der Waals surface area contributed by atoms with E-state index in [1.807, 2.05) is 12.4 Å².